The topological polar surface area (TPSA) is 606 Å². The molecule has 0 aromatic carbocycles. The van der Waals surface area contributed by atoms with Gasteiger partial charge in [-0.05, 0) is 12.1 Å². The van der Waals surface area contributed by atoms with Gasteiger partial charge in [-0.1, -0.05) is 6.07 Å². The Balaban J connectivity index is 1.23. The predicted molar refractivity (Wildman–Crippen MR) is 279 cm³/mol. The first-order chi connectivity index (χ1) is 41.6. The predicted octanol–water partition coefficient (Wildman–Crippen LogP) is -13.3. The number of aromatic nitrogens is 1. The standard InChI is InChI=1S/C50H81N5O33/c1-16(61)53-19(9-52-27-6-4-5-7-51-27)30(67)40(22(66)11-57)84-47-39(76)43(34(71)24(13-59)80-47)86-48-44(37(74)32(69)23(12-58)81-48)87-45-29(55-18(3)63)35(72)41(25(14-60)82-45)85-46-38(75)36(73)33(70)26(83-46)15-79-50(49(77)78)8-20(64)28(54-17(2)62)42(88-50)31(68)21(65)10-56/h4-7,19-26,28-48,56-60,64-76H,8-15H2,1-3H3,(H,51,52)(H,53,61)(H,54,62)(H,55,63)(H,77,78)/t19-,20-,21+,22+,23-,24+,25+,26+,28+,29+,30+,31+,32-,33-,34+,35+,36-,37+,38+,39-,40+,41+,42+,43-,44+,45-,46-,47-,48-,50+/m0/s1. The molecule has 5 saturated heterocycles. The van der Waals surface area contributed by atoms with Crippen LogP contribution in [0, 0.1) is 0 Å². The number of carbonyl (C=O) groups excluding carboxylic acids is 3. The van der Waals surface area contributed by atoms with E-state index in [9.17, 15) is 116 Å². The summed E-state index contributed by atoms with van der Waals surface area (Å²) < 4.78 is 57.9. The highest BCUT2D eigenvalue weighted by Gasteiger charge is 2.59. The number of nitrogens with zero attached hydrogens (tertiary/aromatic N) is 1. The smallest absolute Gasteiger partial charge is 0.364 e. The van der Waals surface area contributed by atoms with E-state index in [0.717, 1.165) is 20.8 Å². The Labute approximate surface area is 499 Å². The number of carboxylic acids is 1. The second kappa shape index (κ2) is 32.3. The number of aliphatic carboxylic acids is 1. The fraction of sp³-hybridized carbons (Fsp3) is 0.820. The molecule has 5 aliphatic heterocycles. The summed E-state index contributed by atoms with van der Waals surface area (Å²) in [6, 6.07) is -0.0814. The SMILES string of the molecule is CC(=O)N[C@H]1[C@H](O[C@H]2[C@H](O[C@@H]3[C@H](O)[C@H](O[C@@H]([C@H](O)[C@H](CNc4ccccn4)NC(C)=O)[C@H](O)CO)O[C@H](CO)[C@H]3O)O[C@@H](CO)[C@H](O)[C@H]2O)O[C@H](CO)[C@@H](O[C@@H]2O[C@H](CO[C@]3(C(=O)O)C[C@H](O)[C@@H](NC(C)=O)[C@H]([C@H](O)[C@H](O)CO)O3)[C@H](O)[C@H](O)[C@H]2O)[C@@H]1O. The van der Waals surface area contributed by atoms with E-state index >= 15 is 0 Å². The number of pyridine rings is 1. The van der Waals surface area contributed by atoms with Crippen LogP contribution in [0.25, 0.3) is 0 Å². The molecule has 0 aliphatic carbocycles. The number of carbonyl (C=O) groups is 4. The van der Waals surface area contributed by atoms with Gasteiger partial charge >= 0.3 is 5.97 Å². The number of nitrogens with one attached hydrogen (secondary N) is 4. The van der Waals surface area contributed by atoms with E-state index in [0.29, 0.717) is 0 Å². The average molecular weight is 1280 g/mol. The lowest BCUT2D eigenvalue weighted by Gasteiger charge is -2.50. The van der Waals surface area contributed by atoms with Crippen LogP contribution in [0.2, 0.25) is 0 Å². The van der Waals surface area contributed by atoms with Gasteiger partial charge < -0.3 is 166 Å². The Bertz CT molecular complexity index is 2370. The number of rotatable bonds is 28. The molecule has 38 heteroatoms. The fourth-order valence-electron chi connectivity index (χ4n) is 10.6. The van der Waals surface area contributed by atoms with Crippen molar-refractivity contribution in [1.29, 1.82) is 0 Å². The monoisotopic (exact) mass is 1280 g/mol. The normalized spacial score (nSPS) is 40.0. The van der Waals surface area contributed by atoms with Crippen molar-refractivity contribution in [2.24, 2.45) is 0 Å². The molecule has 0 radical (unpaired) electrons. The zero-order valence-electron chi connectivity index (χ0n) is 47.4. The summed E-state index contributed by atoms with van der Waals surface area (Å²) in [6.07, 6.45) is -53.7. The molecule has 0 unspecified atom stereocenters. The van der Waals surface area contributed by atoms with Gasteiger partial charge in [0.05, 0.1) is 57.8 Å². The molecule has 5 fully saturated rings. The number of ether oxygens (including phenoxy) is 10. The first-order valence-corrected chi connectivity index (χ1v) is 27.7. The maximum absolute atomic E-state index is 12.8. The maximum Gasteiger partial charge on any atom is 0.364 e. The Morgan fingerprint density at radius 1 is 0.614 bits per heavy atom. The van der Waals surface area contributed by atoms with Crippen molar-refractivity contribution < 1.29 is 164 Å². The number of carboxylic acid groups (broad SMARTS) is 1. The molecule has 1 aromatic rings. The lowest BCUT2D eigenvalue weighted by Crippen LogP contribution is -2.70. The first-order valence-electron chi connectivity index (χ1n) is 27.7. The summed E-state index contributed by atoms with van der Waals surface area (Å²) in [5.74, 6) is -7.12. The number of aliphatic hydroxyl groups is 18. The number of hydrogen-bond acceptors (Lipinski definition) is 34. The molecule has 23 N–H and O–H groups in total. The molecule has 6 heterocycles. The number of amides is 3. The average Bonchev–Trinajstić information content (AvgIpc) is 3.22. The molecule has 504 valence electrons. The maximum atomic E-state index is 12.8. The Morgan fingerprint density at radius 3 is 1.76 bits per heavy atom. The molecule has 1 aromatic heterocycles. The van der Waals surface area contributed by atoms with Gasteiger partial charge in [-0.15, -0.1) is 0 Å². The van der Waals surface area contributed by atoms with E-state index in [4.69, 9.17) is 47.4 Å². The van der Waals surface area contributed by atoms with Gasteiger partial charge in [0.2, 0.25) is 17.7 Å². The van der Waals surface area contributed by atoms with Crippen molar-refractivity contribution in [3.63, 3.8) is 0 Å². The van der Waals surface area contributed by atoms with Gasteiger partial charge in [0.25, 0.3) is 5.79 Å². The van der Waals surface area contributed by atoms with Crippen molar-refractivity contribution >= 4 is 29.5 Å². The molecule has 88 heavy (non-hydrogen) atoms. The van der Waals surface area contributed by atoms with Crippen LogP contribution in [0.1, 0.15) is 27.2 Å². The summed E-state index contributed by atoms with van der Waals surface area (Å²) in [7, 11) is 0. The summed E-state index contributed by atoms with van der Waals surface area (Å²) in [5.41, 5.74) is 0. The molecule has 0 bridgehead atoms. The Morgan fingerprint density at radius 2 is 1.18 bits per heavy atom. The quantitative estimate of drug-likeness (QED) is 0.0370. The van der Waals surface area contributed by atoms with Crippen LogP contribution >= 0.6 is 0 Å². The van der Waals surface area contributed by atoms with Crippen molar-refractivity contribution in [3.05, 3.63) is 24.4 Å². The lowest BCUT2D eigenvalue weighted by molar-refractivity contribution is -0.392. The van der Waals surface area contributed by atoms with Crippen molar-refractivity contribution in [2.45, 2.75) is 211 Å². The van der Waals surface area contributed by atoms with E-state index < -0.39 is 253 Å². The largest absolute Gasteiger partial charge is 0.477 e. The van der Waals surface area contributed by atoms with E-state index in [1.807, 2.05) is 0 Å². The van der Waals surface area contributed by atoms with Crippen LogP contribution < -0.4 is 21.3 Å². The summed E-state index contributed by atoms with van der Waals surface area (Å²) >= 11 is 0. The van der Waals surface area contributed by atoms with Crippen LogP contribution in [0.5, 0.6) is 0 Å². The minimum atomic E-state index is -3.01. The molecule has 5 aliphatic rings. The third-order valence-corrected chi connectivity index (χ3v) is 15.2. The first kappa shape index (κ1) is 72.8. The minimum absolute atomic E-state index is 0.278. The third kappa shape index (κ3) is 17.0. The van der Waals surface area contributed by atoms with Crippen molar-refractivity contribution in [1.82, 2.24) is 20.9 Å². The number of hydrogen-bond donors (Lipinski definition) is 23. The van der Waals surface area contributed by atoms with E-state index in [1.165, 1.54) is 6.20 Å². The van der Waals surface area contributed by atoms with Crippen molar-refractivity contribution in [2.75, 3.05) is 51.5 Å². The van der Waals surface area contributed by atoms with Gasteiger partial charge in [-0.25, -0.2) is 9.78 Å². The summed E-state index contributed by atoms with van der Waals surface area (Å²) in [4.78, 5) is 54.0. The van der Waals surface area contributed by atoms with Crippen LogP contribution in [0.15, 0.2) is 24.4 Å². The molecule has 3 amide bonds. The molecule has 0 spiro atoms. The van der Waals surface area contributed by atoms with Crippen LogP contribution in [-0.4, -0.2) is 355 Å². The highest BCUT2D eigenvalue weighted by molar-refractivity contribution is 5.77. The molecule has 6 rings (SSSR count). The third-order valence-electron chi connectivity index (χ3n) is 15.2. The molecular formula is C50H81N5O33. The fourth-order valence-corrected chi connectivity index (χ4v) is 10.6. The summed E-state index contributed by atoms with van der Waals surface area (Å²) in [6.45, 7) is -3.85. The zero-order valence-corrected chi connectivity index (χ0v) is 47.4. The zero-order chi connectivity index (χ0) is 65.2. The second-order valence-corrected chi connectivity index (χ2v) is 21.6. The molecule has 38 nitrogen and oxygen atoms in total. The van der Waals surface area contributed by atoms with Gasteiger partial charge in [0, 0.05) is 39.9 Å². The van der Waals surface area contributed by atoms with Gasteiger partial charge in [-0.3, -0.25) is 14.4 Å². The van der Waals surface area contributed by atoms with E-state index in [1.54, 1.807) is 18.2 Å². The van der Waals surface area contributed by atoms with Crippen LogP contribution in [-0.2, 0) is 66.5 Å². The lowest BCUT2D eigenvalue weighted by atomic mass is 9.88. The highest BCUT2D eigenvalue weighted by atomic mass is 16.8. The van der Waals surface area contributed by atoms with Gasteiger partial charge in [0.1, 0.15) is 140 Å². The minimum Gasteiger partial charge on any atom is -0.477 e. The highest BCUT2D eigenvalue weighted by Crippen LogP contribution is 2.38. The van der Waals surface area contributed by atoms with E-state index in [2.05, 4.69) is 26.3 Å². The molecular weight excluding hydrogens is 1200 g/mol. The van der Waals surface area contributed by atoms with Crippen LogP contribution in [0.3, 0.4) is 0 Å². The number of anilines is 1. The van der Waals surface area contributed by atoms with Crippen molar-refractivity contribution in [3.8, 4) is 0 Å². The molecule has 30 atom stereocenters. The second-order valence-electron chi connectivity index (χ2n) is 21.6. The molecule has 0 saturated carbocycles. The summed E-state index contributed by atoms with van der Waals surface area (Å²) in [5, 5.41) is 217. The van der Waals surface area contributed by atoms with Gasteiger partial charge in [0.15, 0.2) is 25.2 Å². The van der Waals surface area contributed by atoms with Gasteiger partial charge in [-0.2, -0.15) is 0 Å². The van der Waals surface area contributed by atoms with E-state index in [-0.39, 0.29) is 12.4 Å². The Kier molecular flexibility index (Phi) is 26.7. The van der Waals surface area contributed by atoms with Crippen LogP contribution in [0.4, 0.5) is 5.82 Å². The Hall–Kier alpha value is -4.29. The number of aliphatic hydroxyl groups excluding tert-OH is 18.